The van der Waals surface area contributed by atoms with Crippen LogP contribution in [0, 0.1) is 0 Å². The number of hydrogen-bond acceptors (Lipinski definition) is 2. The highest BCUT2D eigenvalue weighted by Gasteiger charge is 1.97. The molecule has 0 fully saturated rings. The monoisotopic (exact) mass is 251 g/mol. The van der Waals surface area contributed by atoms with Crippen LogP contribution in [0.1, 0.15) is 63.9 Å². The highest BCUT2D eigenvalue weighted by atomic mass is 15.3. The molecule has 104 valence electrons. The van der Waals surface area contributed by atoms with Crippen molar-refractivity contribution in [1.29, 1.82) is 0 Å². The zero-order chi connectivity index (χ0) is 13.1. The number of rotatable bonds is 11. The summed E-state index contributed by atoms with van der Waals surface area (Å²) >= 11 is 0. The third-order valence-electron chi connectivity index (χ3n) is 3.36. The summed E-state index contributed by atoms with van der Waals surface area (Å²) in [5.74, 6) is 0. The molecule has 0 saturated heterocycles. The largest absolute Gasteiger partial charge is 0.330 e. The molecular weight excluding hydrogens is 222 g/mol. The smallest absolute Gasteiger partial charge is 0.0522 e. The van der Waals surface area contributed by atoms with Gasteiger partial charge in [0.25, 0.3) is 0 Å². The summed E-state index contributed by atoms with van der Waals surface area (Å²) in [6, 6.07) is 0. The van der Waals surface area contributed by atoms with Gasteiger partial charge in [-0.2, -0.15) is 5.10 Å². The number of aromatic nitrogens is 2. The molecule has 3 nitrogen and oxygen atoms in total. The maximum absolute atomic E-state index is 5.52. The number of aryl methyl sites for hydroxylation is 1. The molecule has 0 atom stereocenters. The summed E-state index contributed by atoms with van der Waals surface area (Å²) < 4.78 is 2.06. The first kappa shape index (κ1) is 15.2. The van der Waals surface area contributed by atoms with Gasteiger partial charge in [0.1, 0.15) is 0 Å². The molecule has 3 heteroatoms. The SMILES string of the molecule is CCCCCCCCCCn1cc(CCN)cn1. The van der Waals surface area contributed by atoms with Gasteiger partial charge in [-0.25, -0.2) is 0 Å². The Bertz CT molecular complexity index is 294. The molecular formula is C15H29N3. The van der Waals surface area contributed by atoms with Crippen LogP contribution < -0.4 is 5.73 Å². The van der Waals surface area contributed by atoms with Crippen molar-refractivity contribution in [1.82, 2.24) is 9.78 Å². The first-order valence-electron chi connectivity index (χ1n) is 7.58. The second-order valence-corrected chi connectivity index (χ2v) is 5.13. The van der Waals surface area contributed by atoms with Crippen LogP contribution in [0.15, 0.2) is 12.4 Å². The van der Waals surface area contributed by atoms with E-state index in [2.05, 4.69) is 22.9 Å². The van der Waals surface area contributed by atoms with Crippen LogP contribution in [0.4, 0.5) is 0 Å². The average molecular weight is 251 g/mol. The van der Waals surface area contributed by atoms with Crippen molar-refractivity contribution >= 4 is 0 Å². The van der Waals surface area contributed by atoms with Gasteiger partial charge >= 0.3 is 0 Å². The summed E-state index contributed by atoms with van der Waals surface area (Å²) in [6.45, 7) is 4.03. The van der Waals surface area contributed by atoms with Crippen molar-refractivity contribution in [3.05, 3.63) is 18.0 Å². The van der Waals surface area contributed by atoms with Crippen molar-refractivity contribution in [3.63, 3.8) is 0 Å². The summed E-state index contributed by atoms with van der Waals surface area (Å²) in [5, 5.41) is 4.35. The minimum Gasteiger partial charge on any atom is -0.330 e. The van der Waals surface area contributed by atoms with E-state index < -0.39 is 0 Å². The number of nitrogens with two attached hydrogens (primary N) is 1. The molecule has 1 rings (SSSR count). The Labute approximate surface area is 112 Å². The minimum atomic E-state index is 0.712. The minimum absolute atomic E-state index is 0.712. The Kier molecular flexibility index (Phi) is 8.57. The molecule has 1 aromatic rings. The fraction of sp³-hybridized carbons (Fsp3) is 0.800. The molecule has 0 saturated carbocycles. The molecule has 0 spiro atoms. The van der Waals surface area contributed by atoms with E-state index in [1.807, 2.05) is 6.20 Å². The van der Waals surface area contributed by atoms with E-state index in [1.54, 1.807) is 0 Å². The van der Waals surface area contributed by atoms with Crippen LogP contribution in [0.5, 0.6) is 0 Å². The third kappa shape index (κ3) is 6.80. The molecule has 1 aromatic heterocycles. The standard InChI is InChI=1S/C15H29N3/c1-2-3-4-5-6-7-8-9-12-18-14-15(10-11-16)13-17-18/h13-14H,2-12,16H2,1H3. The van der Waals surface area contributed by atoms with Crippen LogP contribution in [0.25, 0.3) is 0 Å². The van der Waals surface area contributed by atoms with Gasteiger partial charge in [0.05, 0.1) is 6.20 Å². The normalized spacial score (nSPS) is 11.0. The van der Waals surface area contributed by atoms with Gasteiger partial charge < -0.3 is 5.73 Å². The maximum atomic E-state index is 5.52. The highest BCUT2D eigenvalue weighted by molar-refractivity contribution is 5.03. The number of hydrogen-bond donors (Lipinski definition) is 1. The fourth-order valence-corrected chi connectivity index (χ4v) is 2.23. The van der Waals surface area contributed by atoms with Crippen LogP contribution >= 0.6 is 0 Å². The van der Waals surface area contributed by atoms with E-state index in [-0.39, 0.29) is 0 Å². The van der Waals surface area contributed by atoms with Gasteiger partial charge in [-0.1, -0.05) is 51.9 Å². The van der Waals surface area contributed by atoms with Gasteiger partial charge in [0.15, 0.2) is 0 Å². The Morgan fingerprint density at radius 2 is 1.72 bits per heavy atom. The first-order chi connectivity index (χ1) is 8.86. The van der Waals surface area contributed by atoms with Crippen molar-refractivity contribution in [3.8, 4) is 0 Å². The zero-order valence-electron chi connectivity index (χ0n) is 11.9. The number of nitrogens with zero attached hydrogens (tertiary/aromatic N) is 2. The van der Waals surface area contributed by atoms with E-state index in [0.29, 0.717) is 6.54 Å². The lowest BCUT2D eigenvalue weighted by atomic mass is 10.1. The molecule has 0 bridgehead atoms. The van der Waals surface area contributed by atoms with Crippen molar-refractivity contribution < 1.29 is 0 Å². The second kappa shape index (κ2) is 10.1. The quantitative estimate of drug-likeness (QED) is 0.611. The molecule has 0 aliphatic heterocycles. The summed E-state index contributed by atoms with van der Waals surface area (Å²) in [5.41, 5.74) is 6.78. The van der Waals surface area contributed by atoms with Crippen molar-refractivity contribution in [2.45, 2.75) is 71.3 Å². The zero-order valence-corrected chi connectivity index (χ0v) is 11.9. The fourth-order valence-electron chi connectivity index (χ4n) is 2.23. The molecule has 0 aromatic carbocycles. The van der Waals surface area contributed by atoms with E-state index in [1.165, 1.54) is 56.9 Å². The topological polar surface area (TPSA) is 43.8 Å². The van der Waals surface area contributed by atoms with Crippen LogP contribution in [-0.4, -0.2) is 16.3 Å². The van der Waals surface area contributed by atoms with E-state index in [4.69, 9.17) is 5.73 Å². The molecule has 1 heterocycles. The van der Waals surface area contributed by atoms with Crippen molar-refractivity contribution in [2.75, 3.05) is 6.54 Å². The molecule has 2 N–H and O–H groups in total. The van der Waals surface area contributed by atoms with E-state index in [9.17, 15) is 0 Å². The predicted octanol–water partition coefficient (Wildman–Crippen LogP) is 3.53. The summed E-state index contributed by atoms with van der Waals surface area (Å²) in [6.07, 6.45) is 15.9. The lowest BCUT2D eigenvalue weighted by Gasteiger charge is -2.02. The molecule has 0 aliphatic rings. The van der Waals surface area contributed by atoms with Gasteiger partial charge in [0, 0.05) is 12.7 Å². The third-order valence-corrected chi connectivity index (χ3v) is 3.36. The van der Waals surface area contributed by atoms with E-state index in [0.717, 1.165) is 13.0 Å². The molecule has 18 heavy (non-hydrogen) atoms. The van der Waals surface area contributed by atoms with Crippen molar-refractivity contribution in [2.24, 2.45) is 5.73 Å². The molecule has 0 unspecified atom stereocenters. The molecule has 0 amide bonds. The lowest BCUT2D eigenvalue weighted by Crippen LogP contribution is -2.02. The molecule has 0 radical (unpaired) electrons. The highest BCUT2D eigenvalue weighted by Crippen LogP contribution is 2.09. The summed E-state index contributed by atoms with van der Waals surface area (Å²) in [4.78, 5) is 0. The lowest BCUT2D eigenvalue weighted by molar-refractivity contribution is 0.520. The van der Waals surface area contributed by atoms with Crippen LogP contribution in [-0.2, 0) is 13.0 Å². The predicted molar refractivity (Wildman–Crippen MR) is 77.6 cm³/mol. The first-order valence-corrected chi connectivity index (χ1v) is 7.58. The Balaban J connectivity index is 1.96. The maximum Gasteiger partial charge on any atom is 0.0522 e. The Hall–Kier alpha value is -0.830. The molecule has 0 aliphatic carbocycles. The van der Waals surface area contributed by atoms with E-state index >= 15 is 0 Å². The Morgan fingerprint density at radius 3 is 2.39 bits per heavy atom. The Morgan fingerprint density at radius 1 is 1.06 bits per heavy atom. The van der Waals surface area contributed by atoms with Crippen LogP contribution in [0.2, 0.25) is 0 Å². The summed E-state index contributed by atoms with van der Waals surface area (Å²) in [7, 11) is 0. The van der Waals surface area contributed by atoms with Gasteiger partial charge in [-0.3, -0.25) is 4.68 Å². The van der Waals surface area contributed by atoms with Gasteiger partial charge in [0.2, 0.25) is 0 Å². The van der Waals surface area contributed by atoms with Gasteiger partial charge in [-0.05, 0) is 24.9 Å². The average Bonchev–Trinajstić information content (AvgIpc) is 2.81. The second-order valence-electron chi connectivity index (χ2n) is 5.13. The van der Waals surface area contributed by atoms with Crippen LogP contribution in [0.3, 0.4) is 0 Å². The number of unbranched alkanes of at least 4 members (excludes halogenated alkanes) is 7. The van der Waals surface area contributed by atoms with Gasteiger partial charge in [-0.15, -0.1) is 0 Å².